The number of carbonyl (C=O) groups excluding carboxylic acids is 1. The number of amides is 1. The summed E-state index contributed by atoms with van der Waals surface area (Å²) in [7, 11) is 2.16. The average Bonchev–Trinajstić information content (AvgIpc) is 2.56. The molecule has 25 heavy (non-hydrogen) atoms. The first-order valence-electron chi connectivity index (χ1n) is 9.34. The molecule has 1 aromatic rings. The number of piperazine rings is 1. The summed E-state index contributed by atoms with van der Waals surface area (Å²) in [6.07, 6.45) is 0.871. The molecule has 1 aliphatic heterocycles. The van der Waals surface area contributed by atoms with Gasteiger partial charge in [0, 0.05) is 50.4 Å². The van der Waals surface area contributed by atoms with Crippen molar-refractivity contribution in [1.82, 2.24) is 15.1 Å². The third-order valence-electron chi connectivity index (χ3n) is 4.92. The van der Waals surface area contributed by atoms with Crippen LogP contribution in [0.4, 0.5) is 0 Å². The van der Waals surface area contributed by atoms with Crippen LogP contribution in [0.5, 0.6) is 0 Å². The lowest BCUT2D eigenvalue weighted by Gasteiger charge is -2.32. The number of hydrogen-bond donors (Lipinski definition) is 2. The Kier molecular flexibility index (Phi) is 6.99. The number of nitrogens with zero attached hydrogens (tertiary/aromatic N) is 2. The van der Waals surface area contributed by atoms with Crippen molar-refractivity contribution >= 4 is 5.91 Å². The summed E-state index contributed by atoms with van der Waals surface area (Å²) in [5.41, 5.74) is 7.47. The molecule has 1 atom stereocenters. The van der Waals surface area contributed by atoms with E-state index in [9.17, 15) is 4.79 Å². The summed E-state index contributed by atoms with van der Waals surface area (Å²) in [5.74, 6) is 0.450. The fraction of sp³-hybridized carbons (Fsp3) is 0.650. The minimum absolute atomic E-state index is 0.0335. The Bertz CT molecular complexity index is 567. The number of hydrogen-bond acceptors (Lipinski definition) is 4. The van der Waals surface area contributed by atoms with Gasteiger partial charge in [0.25, 0.3) is 5.91 Å². The molecule has 1 amide bonds. The zero-order valence-corrected chi connectivity index (χ0v) is 16.2. The fourth-order valence-electron chi connectivity index (χ4n) is 3.51. The quantitative estimate of drug-likeness (QED) is 0.792. The number of likely N-dealkylation sites (N-methyl/N-ethyl adjacent to an activating group) is 1. The second-order valence-corrected chi connectivity index (χ2v) is 8.10. The summed E-state index contributed by atoms with van der Waals surface area (Å²) >= 11 is 0. The van der Waals surface area contributed by atoms with E-state index in [1.54, 1.807) is 0 Å². The third kappa shape index (κ3) is 6.10. The van der Waals surface area contributed by atoms with Crippen LogP contribution in [0.25, 0.3) is 0 Å². The normalized spacial score (nSPS) is 19.0. The van der Waals surface area contributed by atoms with Crippen LogP contribution in [-0.2, 0) is 6.54 Å². The highest BCUT2D eigenvalue weighted by molar-refractivity contribution is 5.94. The number of benzene rings is 1. The van der Waals surface area contributed by atoms with Gasteiger partial charge in [-0.25, -0.2) is 0 Å². The van der Waals surface area contributed by atoms with Gasteiger partial charge in [0.2, 0.25) is 0 Å². The maximum absolute atomic E-state index is 12.7. The van der Waals surface area contributed by atoms with Crippen LogP contribution in [0, 0.1) is 5.92 Å². The van der Waals surface area contributed by atoms with E-state index < -0.39 is 0 Å². The van der Waals surface area contributed by atoms with Crippen molar-refractivity contribution in [2.75, 3.05) is 39.8 Å². The summed E-state index contributed by atoms with van der Waals surface area (Å²) < 4.78 is 0. The first-order chi connectivity index (χ1) is 11.8. The van der Waals surface area contributed by atoms with Gasteiger partial charge >= 0.3 is 0 Å². The Morgan fingerprint density at radius 3 is 2.56 bits per heavy atom. The lowest BCUT2D eigenvalue weighted by Crippen LogP contribution is -2.52. The summed E-state index contributed by atoms with van der Waals surface area (Å²) in [4.78, 5) is 17.5. The molecule has 140 valence electrons. The molecular weight excluding hydrogens is 312 g/mol. The van der Waals surface area contributed by atoms with Crippen LogP contribution in [0.1, 0.15) is 43.1 Å². The predicted molar refractivity (Wildman–Crippen MR) is 104 cm³/mol. The molecule has 0 spiro atoms. The number of nitrogens with two attached hydrogens (primary N) is 1. The van der Waals surface area contributed by atoms with E-state index in [1.807, 2.05) is 25.1 Å². The fourth-order valence-corrected chi connectivity index (χ4v) is 3.51. The van der Waals surface area contributed by atoms with Crippen molar-refractivity contribution in [1.29, 1.82) is 0 Å². The molecule has 5 heteroatoms. The van der Waals surface area contributed by atoms with E-state index in [1.165, 1.54) is 5.56 Å². The minimum Gasteiger partial charge on any atom is -0.346 e. The highest BCUT2D eigenvalue weighted by atomic mass is 16.1. The Morgan fingerprint density at radius 1 is 1.28 bits per heavy atom. The molecule has 1 unspecified atom stereocenters. The summed E-state index contributed by atoms with van der Waals surface area (Å²) in [6.45, 7) is 12.0. The monoisotopic (exact) mass is 346 g/mol. The topological polar surface area (TPSA) is 61.6 Å². The minimum atomic E-state index is -0.362. The zero-order valence-electron chi connectivity index (χ0n) is 16.2. The average molecular weight is 347 g/mol. The van der Waals surface area contributed by atoms with E-state index in [-0.39, 0.29) is 11.4 Å². The van der Waals surface area contributed by atoms with Gasteiger partial charge in [0.05, 0.1) is 0 Å². The Balaban J connectivity index is 2.01. The van der Waals surface area contributed by atoms with Crippen LogP contribution >= 0.6 is 0 Å². The van der Waals surface area contributed by atoms with E-state index >= 15 is 0 Å². The molecular formula is C20H34N4O. The van der Waals surface area contributed by atoms with Crippen LogP contribution in [0.2, 0.25) is 0 Å². The first-order valence-corrected chi connectivity index (χ1v) is 9.34. The molecule has 0 aromatic heterocycles. The maximum Gasteiger partial charge on any atom is 0.251 e. The molecule has 3 N–H and O–H groups in total. The standard InChI is InChI=1S/C20H34N4O/c1-16(2)13-20(3,15-21)22-19(25)18-7-5-6-17(12-18)14-24-10-8-23(4)9-11-24/h5-7,12,16H,8-11,13-15,21H2,1-4H3,(H,22,25). The predicted octanol–water partition coefficient (Wildman–Crippen LogP) is 1.93. The van der Waals surface area contributed by atoms with Gasteiger partial charge in [-0.1, -0.05) is 26.0 Å². The van der Waals surface area contributed by atoms with Crippen LogP contribution in [0.3, 0.4) is 0 Å². The van der Waals surface area contributed by atoms with Crippen molar-refractivity contribution in [3.05, 3.63) is 35.4 Å². The van der Waals surface area contributed by atoms with E-state index in [2.05, 4.69) is 42.1 Å². The molecule has 5 nitrogen and oxygen atoms in total. The first kappa shape index (κ1) is 19.9. The van der Waals surface area contributed by atoms with Gasteiger partial charge in [-0.05, 0) is 44.0 Å². The summed E-state index contributed by atoms with van der Waals surface area (Å²) in [5, 5.41) is 3.14. The van der Waals surface area contributed by atoms with E-state index in [0.717, 1.165) is 44.7 Å². The van der Waals surface area contributed by atoms with Gasteiger partial charge in [-0.15, -0.1) is 0 Å². The van der Waals surface area contributed by atoms with Gasteiger partial charge in [0.15, 0.2) is 0 Å². The molecule has 0 radical (unpaired) electrons. The van der Waals surface area contributed by atoms with E-state index in [0.29, 0.717) is 12.5 Å². The van der Waals surface area contributed by atoms with E-state index in [4.69, 9.17) is 5.73 Å². The summed E-state index contributed by atoms with van der Waals surface area (Å²) in [6, 6.07) is 7.98. The molecule has 0 saturated carbocycles. The van der Waals surface area contributed by atoms with Crippen LogP contribution in [0.15, 0.2) is 24.3 Å². The zero-order chi connectivity index (χ0) is 18.4. The Hall–Kier alpha value is -1.43. The maximum atomic E-state index is 12.7. The van der Waals surface area contributed by atoms with Crippen molar-refractivity contribution < 1.29 is 4.79 Å². The Morgan fingerprint density at radius 2 is 1.96 bits per heavy atom. The Labute approximate surface area is 152 Å². The van der Waals surface area contributed by atoms with Crippen LogP contribution in [-0.4, -0.2) is 61.0 Å². The van der Waals surface area contributed by atoms with Crippen molar-refractivity contribution in [2.45, 2.75) is 39.3 Å². The lowest BCUT2D eigenvalue weighted by molar-refractivity contribution is 0.0898. The highest BCUT2D eigenvalue weighted by Gasteiger charge is 2.26. The number of nitrogens with one attached hydrogen (secondary N) is 1. The SMILES string of the molecule is CC(C)CC(C)(CN)NC(=O)c1cccc(CN2CCN(C)CC2)c1. The second-order valence-electron chi connectivity index (χ2n) is 8.10. The highest BCUT2D eigenvalue weighted by Crippen LogP contribution is 2.17. The molecule has 1 heterocycles. The molecule has 0 aliphatic carbocycles. The molecule has 1 fully saturated rings. The van der Waals surface area contributed by atoms with Crippen LogP contribution < -0.4 is 11.1 Å². The van der Waals surface area contributed by atoms with Gasteiger partial charge in [-0.3, -0.25) is 9.69 Å². The lowest BCUT2D eigenvalue weighted by atomic mass is 9.90. The van der Waals surface area contributed by atoms with Gasteiger partial charge in [-0.2, -0.15) is 0 Å². The van der Waals surface area contributed by atoms with Crippen molar-refractivity contribution in [3.8, 4) is 0 Å². The number of rotatable bonds is 7. The largest absolute Gasteiger partial charge is 0.346 e. The van der Waals surface area contributed by atoms with Crippen molar-refractivity contribution in [2.24, 2.45) is 11.7 Å². The molecule has 0 bridgehead atoms. The second kappa shape index (κ2) is 8.79. The third-order valence-corrected chi connectivity index (χ3v) is 4.92. The van der Waals surface area contributed by atoms with Crippen molar-refractivity contribution in [3.63, 3.8) is 0 Å². The molecule has 1 aromatic carbocycles. The smallest absolute Gasteiger partial charge is 0.251 e. The van der Waals surface area contributed by atoms with Gasteiger partial charge < -0.3 is 16.0 Å². The molecule has 2 rings (SSSR count). The van der Waals surface area contributed by atoms with Gasteiger partial charge in [0.1, 0.15) is 0 Å². The molecule has 1 saturated heterocycles. The number of carbonyl (C=O) groups is 1. The molecule has 1 aliphatic rings.